The molecule has 0 atom stereocenters. The van der Waals surface area contributed by atoms with Gasteiger partial charge in [-0.1, -0.05) is 17.7 Å². The molecule has 2 nitrogen and oxygen atoms in total. The summed E-state index contributed by atoms with van der Waals surface area (Å²) in [5.41, 5.74) is 6.52. The molecule has 1 saturated carbocycles. The van der Waals surface area contributed by atoms with Gasteiger partial charge < -0.3 is 5.32 Å². The molecule has 1 fully saturated rings. The molecule has 2 aliphatic carbocycles. The topological polar surface area (TPSA) is 24.9 Å². The zero-order valence-electron chi connectivity index (χ0n) is 12.5. The number of hydrogen-bond acceptors (Lipinski definition) is 2. The van der Waals surface area contributed by atoms with E-state index in [1.165, 1.54) is 54.3 Å². The molecule has 0 radical (unpaired) electrons. The second kappa shape index (κ2) is 5.26. The van der Waals surface area contributed by atoms with E-state index in [1.807, 2.05) is 6.07 Å². The van der Waals surface area contributed by atoms with Crippen molar-refractivity contribution in [3.63, 3.8) is 0 Å². The summed E-state index contributed by atoms with van der Waals surface area (Å²) < 4.78 is 0. The fourth-order valence-electron chi connectivity index (χ4n) is 3.43. The van der Waals surface area contributed by atoms with Crippen molar-refractivity contribution in [3.05, 3.63) is 39.5 Å². The predicted octanol–water partition coefficient (Wildman–Crippen LogP) is 4.33. The molecule has 0 spiro atoms. The summed E-state index contributed by atoms with van der Waals surface area (Å²) in [6.07, 6.45) is 7.52. The van der Waals surface area contributed by atoms with Crippen molar-refractivity contribution in [3.8, 4) is 0 Å². The molecular weight excluding hydrogens is 280 g/mol. The normalized spacial score (nSPS) is 18.0. The number of pyridine rings is 1. The number of aromatic nitrogens is 1. The van der Waals surface area contributed by atoms with Crippen LogP contribution >= 0.6 is 11.6 Å². The van der Waals surface area contributed by atoms with E-state index < -0.39 is 0 Å². The summed E-state index contributed by atoms with van der Waals surface area (Å²) >= 11 is 6.31. The van der Waals surface area contributed by atoms with Gasteiger partial charge in [-0.15, -0.1) is 0 Å². The fourth-order valence-corrected chi connectivity index (χ4v) is 3.59. The molecule has 110 valence electrons. The summed E-state index contributed by atoms with van der Waals surface area (Å²) in [6.45, 7) is 3.07. The third-order valence-electron chi connectivity index (χ3n) is 4.88. The molecule has 1 aromatic heterocycles. The number of aryl methyl sites for hydroxylation is 2. The highest BCUT2D eigenvalue weighted by molar-refractivity contribution is 6.32. The number of rotatable bonds is 3. The van der Waals surface area contributed by atoms with Crippen molar-refractivity contribution in [2.45, 2.75) is 58.0 Å². The van der Waals surface area contributed by atoms with Crippen LogP contribution in [0.25, 0.3) is 10.9 Å². The van der Waals surface area contributed by atoms with Crippen LogP contribution in [0.4, 0.5) is 0 Å². The Morgan fingerprint density at radius 3 is 2.86 bits per heavy atom. The lowest BCUT2D eigenvalue weighted by Gasteiger charge is -2.22. The molecule has 0 amide bonds. The van der Waals surface area contributed by atoms with Crippen LogP contribution in [0.1, 0.15) is 48.1 Å². The number of hydrogen-bond donors (Lipinski definition) is 1. The van der Waals surface area contributed by atoms with Gasteiger partial charge in [-0.3, -0.25) is 4.98 Å². The Labute approximate surface area is 130 Å². The van der Waals surface area contributed by atoms with Gasteiger partial charge in [0.05, 0.1) is 5.52 Å². The Kier molecular flexibility index (Phi) is 3.39. The van der Waals surface area contributed by atoms with Crippen LogP contribution in [0.2, 0.25) is 5.02 Å². The van der Waals surface area contributed by atoms with Crippen LogP contribution < -0.4 is 5.32 Å². The van der Waals surface area contributed by atoms with E-state index >= 15 is 0 Å². The average molecular weight is 301 g/mol. The highest BCUT2D eigenvalue weighted by Gasteiger charge is 2.23. The van der Waals surface area contributed by atoms with Crippen LogP contribution in [0, 0.1) is 6.92 Å². The second-order valence-corrected chi connectivity index (χ2v) is 6.85. The smallest absolute Gasteiger partial charge is 0.0752 e. The number of benzene rings is 1. The van der Waals surface area contributed by atoms with Gasteiger partial charge in [0.25, 0.3) is 0 Å². The van der Waals surface area contributed by atoms with Crippen LogP contribution in [0.5, 0.6) is 0 Å². The van der Waals surface area contributed by atoms with E-state index in [1.54, 1.807) is 0 Å². The summed E-state index contributed by atoms with van der Waals surface area (Å²) in [6, 6.07) is 4.92. The maximum atomic E-state index is 6.31. The first-order valence-corrected chi connectivity index (χ1v) is 8.44. The van der Waals surface area contributed by atoms with Crippen molar-refractivity contribution in [1.29, 1.82) is 0 Å². The number of nitrogens with zero attached hydrogens (tertiary/aromatic N) is 1. The third kappa shape index (κ3) is 2.45. The molecule has 0 unspecified atom stereocenters. The highest BCUT2D eigenvalue weighted by Crippen LogP contribution is 2.33. The maximum absolute atomic E-state index is 6.31. The Morgan fingerprint density at radius 2 is 2.05 bits per heavy atom. The number of nitrogens with one attached hydrogen (secondary N) is 1. The first-order chi connectivity index (χ1) is 10.2. The lowest BCUT2D eigenvalue weighted by Crippen LogP contribution is -2.19. The number of halogens is 1. The average Bonchev–Trinajstić information content (AvgIpc) is 3.32. The van der Waals surface area contributed by atoms with Gasteiger partial charge >= 0.3 is 0 Å². The summed E-state index contributed by atoms with van der Waals surface area (Å²) in [5.74, 6) is 0. The van der Waals surface area contributed by atoms with Gasteiger partial charge in [-0.2, -0.15) is 0 Å². The Morgan fingerprint density at radius 1 is 1.24 bits per heavy atom. The number of fused-ring (bicyclic) bond motifs is 2. The molecular formula is C18H21ClN2. The molecule has 1 aromatic carbocycles. The third-order valence-corrected chi connectivity index (χ3v) is 5.29. The molecule has 1 heterocycles. The van der Waals surface area contributed by atoms with E-state index in [9.17, 15) is 0 Å². The van der Waals surface area contributed by atoms with E-state index in [0.29, 0.717) is 0 Å². The molecule has 21 heavy (non-hydrogen) atoms. The van der Waals surface area contributed by atoms with Gasteiger partial charge in [0, 0.05) is 28.7 Å². The predicted molar refractivity (Wildman–Crippen MR) is 88.0 cm³/mol. The van der Waals surface area contributed by atoms with Gasteiger partial charge in [0.2, 0.25) is 0 Å². The molecule has 1 N–H and O–H groups in total. The Hall–Kier alpha value is -1.12. The van der Waals surface area contributed by atoms with Crippen LogP contribution in [-0.2, 0) is 19.4 Å². The minimum atomic E-state index is 0.737. The van der Waals surface area contributed by atoms with Crippen LogP contribution in [-0.4, -0.2) is 11.0 Å². The Balaban J connectivity index is 1.90. The maximum Gasteiger partial charge on any atom is 0.0752 e. The summed E-state index contributed by atoms with van der Waals surface area (Å²) in [5, 5.41) is 5.81. The van der Waals surface area contributed by atoms with Gasteiger partial charge in [-0.05, 0) is 68.2 Å². The van der Waals surface area contributed by atoms with Crippen molar-refractivity contribution in [1.82, 2.24) is 10.3 Å². The van der Waals surface area contributed by atoms with E-state index in [-0.39, 0.29) is 0 Å². The lowest BCUT2D eigenvalue weighted by atomic mass is 9.89. The van der Waals surface area contributed by atoms with Crippen molar-refractivity contribution in [2.75, 3.05) is 0 Å². The van der Waals surface area contributed by atoms with Crippen molar-refractivity contribution in [2.24, 2.45) is 0 Å². The molecule has 0 aliphatic heterocycles. The molecule has 0 saturated heterocycles. The molecule has 2 aliphatic rings. The van der Waals surface area contributed by atoms with Crippen molar-refractivity contribution >= 4 is 22.5 Å². The van der Waals surface area contributed by atoms with E-state index in [4.69, 9.17) is 16.6 Å². The monoisotopic (exact) mass is 300 g/mol. The fraction of sp³-hybridized carbons (Fsp3) is 0.500. The minimum absolute atomic E-state index is 0.737. The summed E-state index contributed by atoms with van der Waals surface area (Å²) in [4.78, 5) is 4.97. The molecule has 4 rings (SSSR count). The second-order valence-electron chi connectivity index (χ2n) is 6.45. The zero-order valence-corrected chi connectivity index (χ0v) is 13.3. The molecule has 3 heteroatoms. The first-order valence-electron chi connectivity index (χ1n) is 8.07. The SMILES string of the molecule is Cc1c(Cl)ccc2c(CNC3CC3)c3c(nc12)CCCC3. The Bertz CT molecular complexity index is 704. The summed E-state index contributed by atoms with van der Waals surface area (Å²) in [7, 11) is 0. The minimum Gasteiger partial charge on any atom is -0.310 e. The van der Waals surface area contributed by atoms with Gasteiger partial charge in [0.1, 0.15) is 0 Å². The zero-order chi connectivity index (χ0) is 14.4. The quantitative estimate of drug-likeness (QED) is 0.913. The lowest BCUT2D eigenvalue weighted by molar-refractivity contribution is 0.642. The standard InChI is InChI=1S/C18H21ClN2/c1-11-16(19)9-8-14-15(10-20-12-6-7-12)13-4-2-3-5-17(13)21-18(11)14/h8-9,12,20H,2-7,10H2,1H3. The van der Waals surface area contributed by atoms with Crippen LogP contribution in [0.15, 0.2) is 12.1 Å². The van der Waals surface area contributed by atoms with Gasteiger partial charge in [-0.25, -0.2) is 0 Å². The van der Waals surface area contributed by atoms with Crippen LogP contribution in [0.3, 0.4) is 0 Å². The first kappa shape index (κ1) is 13.5. The van der Waals surface area contributed by atoms with Gasteiger partial charge in [0.15, 0.2) is 0 Å². The van der Waals surface area contributed by atoms with E-state index in [2.05, 4.69) is 18.3 Å². The van der Waals surface area contributed by atoms with E-state index in [0.717, 1.165) is 35.1 Å². The van der Waals surface area contributed by atoms with Crippen molar-refractivity contribution < 1.29 is 0 Å². The largest absolute Gasteiger partial charge is 0.310 e. The highest BCUT2D eigenvalue weighted by atomic mass is 35.5. The molecule has 0 bridgehead atoms. The molecule has 2 aromatic rings.